The maximum absolute atomic E-state index is 5.96. The van der Waals surface area contributed by atoms with Crippen molar-refractivity contribution in [2.45, 2.75) is 44.9 Å². The molecule has 1 N–H and O–H groups in total. The molecule has 0 aromatic heterocycles. The molecule has 2 fully saturated rings. The predicted octanol–water partition coefficient (Wildman–Crippen LogP) is 1.11. The third-order valence-corrected chi connectivity index (χ3v) is 3.98. The van der Waals surface area contributed by atoms with Crippen molar-refractivity contribution in [3.63, 3.8) is 0 Å². The zero-order valence-electron chi connectivity index (χ0n) is 12.2. The van der Waals surface area contributed by atoms with Crippen molar-refractivity contribution in [3.8, 4) is 0 Å². The fourth-order valence-electron chi connectivity index (χ4n) is 3.41. The molecule has 2 rings (SSSR count). The lowest BCUT2D eigenvalue weighted by Crippen LogP contribution is -2.55. The Kier molecular flexibility index (Phi) is 4.64. The summed E-state index contributed by atoms with van der Waals surface area (Å²) in [6.45, 7) is 11.5. The zero-order chi connectivity index (χ0) is 13.2. The highest BCUT2D eigenvalue weighted by Crippen LogP contribution is 2.23. The molecular formula is C14H28N2O2. The zero-order valence-corrected chi connectivity index (χ0v) is 12.2. The Bertz CT molecular complexity index is 271. The van der Waals surface area contributed by atoms with Gasteiger partial charge in [0.15, 0.2) is 0 Å². The minimum Gasteiger partial charge on any atom is -0.381 e. The topological polar surface area (TPSA) is 33.7 Å². The van der Waals surface area contributed by atoms with Crippen LogP contribution in [0.3, 0.4) is 0 Å². The molecule has 106 valence electrons. The summed E-state index contributed by atoms with van der Waals surface area (Å²) in [4.78, 5) is 2.54. The van der Waals surface area contributed by atoms with E-state index in [1.54, 1.807) is 0 Å². The maximum atomic E-state index is 5.96. The second-order valence-corrected chi connectivity index (χ2v) is 6.40. The van der Waals surface area contributed by atoms with Crippen LogP contribution in [0.15, 0.2) is 0 Å². The fourth-order valence-corrected chi connectivity index (χ4v) is 3.41. The van der Waals surface area contributed by atoms with E-state index in [9.17, 15) is 0 Å². The molecular weight excluding hydrogens is 228 g/mol. The van der Waals surface area contributed by atoms with Crippen LogP contribution >= 0.6 is 0 Å². The number of nitrogens with zero attached hydrogens (tertiary/aromatic N) is 1. The number of hydrogen-bond acceptors (Lipinski definition) is 4. The van der Waals surface area contributed by atoms with Crippen LogP contribution in [0.1, 0.15) is 27.2 Å². The molecule has 0 amide bonds. The third-order valence-electron chi connectivity index (χ3n) is 3.98. The molecule has 0 aromatic carbocycles. The molecule has 0 radical (unpaired) electrons. The lowest BCUT2D eigenvalue weighted by atomic mass is 9.94. The van der Waals surface area contributed by atoms with E-state index in [2.05, 4.69) is 38.0 Å². The van der Waals surface area contributed by atoms with Gasteiger partial charge in [-0.05, 0) is 34.2 Å². The summed E-state index contributed by atoms with van der Waals surface area (Å²) < 4.78 is 11.6. The Morgan fingerprint density at radius 3 is 2.83 bits per heavy atom. The Morgan fingerprint density at radius 2 is 2.17 bits per heavy atom. The van der Waals surface area contributed by atoms with Gasteiger partial charge in [0.25, 0.3) is 0 Å². The van der Waals surface area contributed by atoms with Crippen LogP contribution in [0.5, 0.6) is 0 Å². The smallest absolute Gasteiger partial charge is 0.0757 e. The molecule has 3 unspecified atom stereocenters. The molecule has 4 heteroatoms. The third kappa shape index (κ3) is 3.67. The second-order valence-electron chi connectivity index (χ2n) is 6.40. The average Bonchev–Trinajstić information content (AvgIpc) is 2.27. The lowest BCUT2D eigenvalue weighted by Gasteiger charge is -2.44. The molecule has 2 saturated heterocycles. The monoisotopic (exact) mass is 256 g/mol. The van der Waals surface area contributed by atoms with E-state index in [4.69, 9.17) is 9.47 Å². The van der Waals surface area contributed by atoms with Gasteiger partial charge in [0.1, 0.15) is 0 Å². The summed E-state index contributed by atoms with van der Waals surface area (Å²) in [7, 11) is 2.06. The molecule has 0 aromatic rings. The van der Waals surface area contributed by atoms with Gasteiger partial charge in [0.2, 0.25) is 0 Å². The number of rotatable bonds is 3. The number of ether oxygens (including phenoxy) is 2. The molecule has 2 heterocycles. The quantitative estimate of drug-likeness (QED) is 0.820. The predicted molar refractivity (Wildman–Crippen MR) is 72.8 cm³/mol. The number of morpholine rings is 1. The molecule has 0 aliphatic carbocycles. The highest BCUT2D eigenvalue weighted by Gasteiger charge is 2.34. The Labute approximate surface area is 111 Å². The van der Waals surface area contributed by atoms with Crippen LogP contribution in [0.25, 0.3) is 0 Å². The maximum Gasteiger partial charge on any atom is 0.0757 e. The van der Waals surface area contributed by atoms with E-state index in [-0.39, 0.29) is 5.60 Å². The fraction of sp³-hybridized carbons (Fsp3) is 1.00. The first-order valence-corrected chi connectivity index (χ1v) is 7.15. The van der Waals surface area contributed by atoms with E-state index in [1.165, 1.54) is 0 Å². The number of nitrogens with one attached hydrogen (secondary N) is 1. The molecule has 3 atom stereocenters. The van der Waals surface area contributed by atoms with Gasteiger partial charge >= 0.3 is 0 Å². The highest BCUT2D eigenvalue weighted by molar-refractivity contribution is 4.87. The molecule has 2 aliphatic rings. The number of hydrogen-bond donors (Lipinski definition) is 1. The first-order valence-electron chi connectivity index (χ1n) is 7.15. The van der Waals surface area contributed by atoms with Gasteiger partial charge in [-0.1, -0.05) is 0 Å². The van der Waals surface area contributed by atoms with E-state index in [0.717, 1.165) is 39.3 Å². The Balaban J connectivity index is 1.91. The Morgan fingerprint density at radius 1 is 1.39 bits per heavy atom. The van der Waals surface area contributed by atoms with Crippen LogP contribution in [0.4, 0.5) is 0 Å². The molecule has 0 spiro atoms. The first-order chi connectivity index (χ1) is 8.50. The van der Waals surface area contributed by atoms with Crippen LogP contribution in [0, 0.1) is 5.92 Å². The standard InChI is InChI=1S/C14H28N2O2/c1-11-7-16(10-14(2,3)18-11)8-12-9-17-6-5-13(12)15-4/h11-13,15H,5-10H2,1-4H3. The molecule has 18 heavy (non-hydrogen) atoms. The van der Waals surface area contributed by atoms with E-state index in [1.807, 2.05) is 0 Å². The van der Waals surface area contributed by atoms with Crippen molar-refractivity contribution in [2.75, 3.05) is 39.9 Å². The SMILES string of the molecule is CNC1CCOCC1CN1CC(C)OC(C)(C)C1. The molecule has 0 saturated carbocycles. The minimum absolute atomic E-state index is 0.0255. The van der Waals surface area contributed by atoms with Crippen molar-refractivity contribution in [2.24, 2.45) is 5.92 Å². The van der Waals surface area contributed by atoms with Crippen molar-refractivity contribution in [3.05, 3.63) is 0 Å². The summed E-state index contributed by atoms with van der Waals surface area (Å²) in [5.74, 6) is 0.602. The van der Waals surface area contributed by atoms with Crippen LogP contribution in [0.2, 0.25) is 0 Å². The second kappa shape index (κ2) is 5.87. The van der Waals surface area contributed by atoms with Crippen molar-refractivity contribution in [1.29, 1.82) is 0 Å². The van der Waals surface area contributed by atoms with Gasteiger partial charge in [-0.3, -0.25) is 4.90 Å². The average molecular weight is 256 g/mol. The van der Waals surface area contributed by atoms with Crippen LogP contribution < -0.4 is 5.32 Å². The van der Waals surface area contributed by atoms with Crippen LogP contribution in [-0.4, -0.2) is 62.5 Å². The molecule has 0 bridgehead atoms. The van der Waals surface area contributed by atoms with E-state index in [0.29, 0.717) is 18.1 Å². The minimum atomic E-state index is -0.0255. The van der Waals surface area contributed by atoms with Gasteiger partial charge < -0.3 is 14.8 Å². The van der Waals surface area contributed by atoms with Crippen molar-refractivity contribution >= 4 is 0 Å². The van der Waals surface area contributed by atoms with Crippen LogP contribution in [-0.2, 0) is 9.47 Å². The molecule has 4 nitrogen and oxygen atoms in total. The van der Waals surface area contributed by atoms with Gasteiger partial charge in [-0.15, -0.1) is 0 Å². The Hall–Kier alpha value is -0.160. The summed E-state index contributed by atoms with van der Waals surface area (Å²) in [6.07, 6.45) is 1.45. The first kappa shape index (κ1) is 14.3. The highest BCUT2D eigenvalue weighted by atomic mass is 16.5. The van der Waals surface area contributed by atoms with E-state index >= 15 is 0 Å². The summed E-state index contributed by atoms with van der Waals surface area (Å²) in [6, 6.07) is 0.597. The summed E-state index contributed by atoms with van der Waals surface area (Å²) >= 11 is 0. The largest absolute Gasteiger partial charge is 0.381 e. The normalized spacial score (nSPS) is 37.7. The molecule has 2 aliphatic heterocycles. The van der Waals surface area contributed by atoms with Gasteiger partial charge in [-0.25, -0.2) is 0 Å². The van der Waals surface area contributed by atoms with Gasteiger partial charge in [0, 0.05) is 38.2 Å². The van der Waals surface area contributed by atoms with Gasteiger partial charge in [0.05, 0.1) is 18.3 Å². The van der Waals surface area contributed by atoms with Gasteiger partial charge in [-0.2, -0.15) is 0 Å². The summed E-state index contributed by atoms with van der Waals surface area (Å²) in [5.41, 5.74) is -0.0255. The lowest BCUT2D eigenvalue weighted by molar-refractivity contribution is -0.134. The van der Waals surface area contributed by atoms with Crippen molar-refractivity contribution < 1.29 is 9.47 Å². The van der Waals surface area contributed by atoms with E-state index < -0.39 is 0 Å². The summed E-state index contributed by atoms with van der Waals surface area (Å²) in [5, 5.41) is 3.44. The van der Waals surface area contributed by atoms with Crippen molar-refractivity contribution in [1.82, 2.24) is 10.2 Å².